The number of nitrogens with zero attached hydrogens (tertiary/aromatic N) is 1. The summed E-state index contributed by atoms with van der Waals surface area (Å²) < 4.78 is 283. The highest BCUT2D eigenvalue weighted by atomic mass is 32.3. The van der Waals surface area contributed by atoms with Crippen LogP contribution in [-0.2, 0) is 101 Å². The van der Waals surface area contributed by atoms with Gasteiger partial charge >= 0.3 is 87.3 Å². The summed E-state index contributed by atoms with van der Waals surface area (Å²) >= 11 is 5.05. The predicted molar refractivity (Wildman–Crippen MR) is 520 cm³/mol. The fourth-order valence-corrected chi connectivity index (χ4v) is 23.2. The number of anilines is 1. The topological polar surface area (TPSA) is 311 Å². The number of Topliss-reactive ketones (excluding diaryl/α,β-unsaturated/α-hetero) is 1. The molecule has 0 amide bonds. The summed E-state index contributed by atoms with van der Waals surface area (Å²) in [5, 5.41) is 9.84. The molecule has 1 aliphatic heterocycles. The van der Waals surface area contributed by atoms with E-state index in [1.165, 1.54) is 57.9 Å². The van der Waals surface area contributed by atoms with E-state index in [2.05, 4.69) is 82.8 Å². The molecule has 1 saturated heterocycles. The zero-order chi connectivity index (χ0) is 108. The Bertz CT molecular complexity index is 5380. The number of allylic oxidation sites excluding steroid dienone is 8. The average molecular weight is 2130 g/mol. The van der Waals surface area contributed by atoms with Gasteiger partial charge in [0.1, 0.15) is 17.3 Å². The van der Waals surface area contributed by atoms with Crippen molar-refractivity contribution in [3.05, 3.63) is 123 Å². The van der Waals surface area contributed by atoms with Gasteiger partial charge in [-0.25, -0.2) is 14.4 Å². The number of ketones is 1. The lowest BCUT2D eigenvalue weighted by Gasteiger charge is -2.34. The number of halogens is 12. The van der Waals surface area contributed by atoms with Crippen molar-refractivity contribution < 1.29 is 152 Å². The van der Waals surface area contributed by atoms with Crippen molar-refractivity contribution in [1.82, 2.24) is 0 Å². The highest BCUT2D eigenvalue weighted by molar-refractivity contribution is 8.11. The fourth-order valence-electron chi connectivity index (χ4n) is 15.9. The molecule has 3 aromatic heterocycles. The standard InChI is InChI=1S/C22H34O3S.C20H33BO5S.C20H30O3S.2C9H13F3O3S.C8H5F6NO4S2.C8H14O/c1-9-24-20(23)19(25-21(4,5)6)18-15(3)26-14(2)17(18)16-12-10-11-13-22(16,7)8;1-11-23-17(22)16(24-18(4,5)6)14-12(2)27-13(3)15(14)21-25-19(7,8)20(9,10)26-21;1-12-15(14-10-8-9-11-20(14,6)7)16(13(2)24-12)17(18(21)22)23-19(3,4)5;2*1-8(2)6-4-3-5-7(8)15-16(13,14)9(10,11)12;9-7(10,11)20(16,17)15(6-4-2-1-3-5-6)21(18,19)8(12,13)14;1-8(2)6-4-3-5-7(8)9/h12,19H,9-11,13H2,1-8H3;16H,11H2,1-10H3;10,17H,8-9,11H2,1-7H3,(H,21,22);2*5H,3-4,6H2,1-2H3;1-5H;3-6H2,1-2H3. The molecule has 0 bridgehead atoms. The maximum absolute atomic E-state index is 12.8. The van der Waals surface area contributed by atoms with Crippen LogP contribution in [0.2, 0.25) is 0 Å². The molecule has 10 rings (SSSR count). The van der Waals surface area contributed by atoms with Gasteiger partial charge in [-0.15, -0.1) is 37.7 Å². The summed E-state index contributed by atoms with van der Waals surface area (Å²) in [5.74, 6) is -1.37. The smallest absolute Gasteiger partial charge is 0.479 e. The Morgan fingerprint density at radius 1 is 0.424 bits per heavy atom. The lowest BCUT2D eigenvalue weighted by Crippen LogP contribution is -2.49. The number of rotatable bonds is 21. The SMILES string of the molecule is CC1(C)CCCC=C1OS(=O)(=O)C(F)(F)F.CC1(C)CCCC=C1OS(=O)(=O)C(F)(F)F.CC1(C)CCCCC1=O.CCOC(=O)C(OC(C)(C)C)c1c(C)sc(C)c1B1OC(C)(C)C(C)(C)O1.CCOC(=O)C(OC(C)(C)C)c1c(C)sc(C)c1C1=CCCCC1(C)C.Cc1sc(C)c(C(OC(C)(C)C)C(=O)O)c1C1=CCCCC1(C)C.O=S(=O)(N(c1ccccc1)S(=O)(=O)C(F)(F)F)C(F)(F)F. The van der Waals surface area contributed by atoms with E-state index in [9.17, 15) is 111 Å². The van der Waals surface area contributed by atoms with E-state index in [4.69, 9.17) is 33.0 Å². The first kappa shape index (κ1) is 125. The molecule has 2 fully saturated rings. The van der Waals surface area contributed by atoms with Crippen LogP contribution in [0.4, 0.5) is 58.4 Å². The highest BCUT2D eigenvalue weighted by Gasteiger charge is 2.62. The monoisotopic (exact) mass is 2120 g/mol. The summed E-state index contributed by atoms with van der Waals surface area (Å²) in [6, 6.07) is 3.85. The molecule has 43 heteroatoms. The van der Waals surface area contributed by atoms with Crippen LogP contribution in [0.3, 0.4) is 0 Å². The Labute approximate surface area is 827 Å². The number of benzene rings is 1. The van der Waals surface area contributed by atoms with Crippen molar-refractivity contribution in [2.24, 2.45) is 27.1 Å². The minimum Gasteiger partial charge on any atom is -0.479 e. The van der Waals surface area contributed by atoms with E-state index in [1.54, 1.807) is 68.6 Å². The van der Waals surface area contributed by atoms with Crippen molar-refractivity contribution in [3.63, 3.8) is 0 Å². The Morgan fingerprint density at radius 2 is 0.734 bits per heavy atom. The van der Waals surface area contributed by atoms with Crippen LogP contribution in [0.25, 0.3) is 11.1 Å². The number of carbonyl (C=O) groups excluding carboxylic acids is 3. The first-order valence-corrected chi connectivity index (χ1v) is 53.8. The summed E-state index contributed by atoms with van der Waals surface area (Å²) in [4.78, 5) is 55.4. The first-order valence-electron chi connectivity index (χ1n) is 45.7. The molecule has 3 atom stereocenters. The minimum absolute atomic E-state index is 0.00174. The van der Waals surface area contributed by atoms with Gasteiger partial charge in [-0.3, -0.25) is 4.79 Å². The molecule has 4 heterocycles. The molecule has 5 aliphatic carbocycles. The number of carboxylic acid groups (broad SMARTS) is 1. The molecule has 1 saturated carbocycles. The molecule has 0 spiro atoms. The van der Waals surface area contributed by atoms with Crippen LogP contribution in [0, 0.1) is 68.6 Å². The minimum atomic E-state index is -6.81. The van der Waals surface area contributed by atoms with Crippen LogP contribution in [-0.4, -0.2) is 133 Å². The highest BCUT2D eigenvalue weighted by Crippen LogP contribution is 2.53. The number of thiophene rings is 3. The molecule has 4 aromatic rings. The van der Waals surface area contributed by atoms with Gasteiger partial charge in [0, 0.05) is 74.1 Å². The molecule has 23 nitrogen and oxygen atoms in total. The third-order valence-corrected chi connectivity index (χ3v) is 32.5. The van der Waals surface area contributed by atoms with Gasteiger partial charge in [0.15, 0.2) is 18.3 Å². The molecule has 0 radical (unpaired) electrons. The number of carbonyl (C=O) groups is 4. The number of hydrogen-bond acceptors (Lipinski definition) is 24. The number of sulfonamides is 2. The second-order valence-corrected chi connectivity index (χ2v) is 52.9. The molecule has 6 aliphatic rings. The van der Waals surface area contributed by atoms with Gasteiger partial charge in [0.25, 0.3) is 0 Å². The molecule has 1 N–H and O–H groups in total. The lowest BCUT2D eigenvalue weighted by molar-refractivity contribution is -0.167. The number of alkyl halides is 12. The molecular formula is C96H142BF12NO22S7. The van der Waals surface area contributed by atoms with Crippen LogP contribution in [0.1, 0.15) is 351 Å². The zero-order valence-corrected chi connectivity index (χ0v) is 91.3. The third-order valence-electron chi connectivity index (χ3n) is 23.8. The number of carboxylic acids is 1. The normalized spacial score (nSPS) is 19.4. The summed E-state index contributed by atoms with van der Waals surface area (Å²) in [7, 11) is -25.2. The van der Waals surface area contributed by atoms with E-state index >= 15 is 0 Å². The van der Waals surface area contributed by atoms with Gasteiger partial charge < -0.3 is 46.5 Å². The van der Waals surface area contributed by atoms with E-state index in [1.807, 2.05) is 118 Å². The van der Waals surface area contributed by atoms with Crippen molar-refractivity contribution >= 4 is 127 Å². The summed E-state index contributed by atoms with van der Waals surface area (Å²) in [6.45, 7) is 62.1. The van der Waals surface area contributed by atoms with E-state index < -0.39 is 142 Å². The second kappa shape index (κ2) is 47.0. The van der Waals surface area contributed by atoms with Gasteiger partial charge in [0.05, 0.1) is 46.9 Å². The maximum atomic E-state index is 12.8. The van der Waals surface area contributed by atoms with Crippen molar-refractivity contribution in [2.75, 3.05) is 16.9 Å². The quantitative estimate of drug-likeness (QED) is 0.0266. The Balaban J connectivity index is 0.000000345. The largest absolute Gasteiger partial charge is 0.534 e. The van der Waals surface area contributed by atoms with Crippen molar-refractivity contribution in [3.8, 4) is 0 Å². The van der Waals surface area contributed by atoms with E-state index in [0.717, 1.165) is 123 Å². The van der Waals surface area contributed by atoms with Gasteiger partial charge in [-0.1, -0.05) is 106 Å². The lowest BCUT2D eigenvalue weighted by atomic mass is 9.72. The molecule has 139 heavy (non-hydrogen) atoms. The van der Waals surface area contributed by atoms with Crippen LogP contribution in [0.5, 0.6) is 0 Å². The number of ether oxygens (including phenoxy) is 5. The Kier molecular flexibility index (Phi) is 42.2. The number of aliphatic carboxylic acids is 1. The summed E-state index contributed by atoms with van der Waals surface area (Å²) in [6.07, 6.45) is 20.1. The first-order chi connectivity index (χ1) is 62.6. The van der Waals surface area contributed by atoms with Crippen molar-refractivity contribution in [1.29, 1.82) is 0 Å². The third kappa shape index (κ3) is 33.3. The molecule has 3 unspecified atom stereocenters. The van der Waals surface area contributed by atoms with E-state index in [0.29, 0.717) is 56.8 Å². The van der Waals surface area contributed by atoms with Crippen LogP contribution in [0.15, 0.2) is 66.2 Å². The zero-order valence-electron chi connectivity index (χ0n) is 85.6. The molecule has 792 valence electrons. The number of esters is 2. The average Bonchev–Trinajstić information content (AvgIpc) is 1.73. The van der Waals surface area contributed by atoms with E-state index in [-0.39, 0.29) is 39.7 Å². The number of aryl methyl sites for hydroxylation is 6. The molecule has 1 aromatic carbocycles. The number of para-hydroxylation sites is 1. The Morgan fingerprint density at radius 3 is 1.03 bits per heavy atom. The summed E-state index contributed by atoms with van der Waals surface area (Å²) in [5.41, 5.74) is -19.6. The maximum Gasteiger partial charge on any atom is 0.534 e. The van der Waals surface area contributed by atoms with Crippen molar-refractivity contribution in [2.45, 2.75) is 386 Å². The van der Waals surface area contributed by atoms with Gasteiger partial charge in [-0.05, 0) is 293 Å². The molecular weight excluding hydrogens is 1980 g/mol. The predicted octanol–water partition coefficient (Wildman–Crippen LogP) is 26.6. The van der Waals surface area contributed by atoms with Gasteiger partial charge in [-0.2, -0.15) is 86.4 Å². The van der Waals surface area contributed by atoms with Crippen LogP contribution < -0.4 is 9.17 Å². The Hall–Kier alpha value is -6.42. The van der Waals surface area contributed by atoms with Gasteiger partial charge in [0.2, 0.25) is 0 Å². The fraction of sp³-hybridized carbons (Fsp3) is 0.688. The number of hydrogen-bond donors (Lipinski definition) is 1. The second-order valence-electron chi connectivity index (χ2n) is 41.7. The van der Waals surface area contributed by atoms with Crippen LogP contribution >= 0.6 is 34.0 Å².